The Kier molecular flexibility index (Phi) is 12.8. The molecule has 0 unspecified atom stereocenters. The van der Waals surface area contributed by atoms with E-state index in [-0.39, 0.29) is 25.4 Å². The minimum Gasteiger partial charge on any atom is -0.492 e. The van der Waals surface area contributed by atoms with Gasteiger partial charge in [0.25, 0.3) is 0 Å². The van der Waals surface area contributed by atoms with E-state index in [9.17, 15) is 19.8 Å². The fraction of sp³-hybridized carbons (Fsp3) is 0.500. The van der Waals surface area contributed by atoms with Crippen LogP contribution in [0, 0.1) is 0 Å². The molecule has 2 aliphatic heterocycles. The van der Waals surface area contributed by atoms with Gasteiger partial charge in [-0.25, -0.2) is 4.79 Å². The van der Waals surface area contributed by atoms with Gasteiger partial charge in [0.2, 0.25) is 5.91 Å². The minimum atomic E-state index is -1.29. The largest absolute Gasteiger partial charge is 0.492 e. The van der Waals surface area contributed by atoms with Crippen molar-refractivity contribution in [2.24, 2.45) is 0 Å². The van der Waals surface area contributed by atoms with E-state index in [2.05, 4.69) is 15.5 Å². The Bertz CT molecular complexity index is 1600. The highest BCUT2D eigenvalue weighted by molar-refractivity contribution is 5.88. The van der Waals surface area contributed by atoms with Crippen molar-refractivity contribution < 1.29 is 43.5 Å². The lowest BCUT2D eigenvalue weighted by molar-refractivity contribution is -0.129. The van der Waals surface area contributed by atoms with Crippen LogP contribution in [0.1, 0.15) is 41.6 Å². The number of hydrogen-bond acceptors (Lipinski definition) is 10. The summed E-state index contributed by atoms with van der Waals surface area (Å²) in [6.07, 6.45) is -3.02. The maximum Gasteiger partial charge on any atom is 0.407 e. The highest BCUT2D eigenvalue weighted by atomic mass is 16.6. The quantitative estimate of drug-likeness (QED) is 0.185. The highest BCUT2D eigenvalue weighted by Gasteiger charge is 2.43. The Morgan fingerprint density at radius 1 is 0.962 bits per heavy atom. The van der Waals surface area contributed by atoms with Crippen molar-refractivity contribution in [2.45, 2.75) is 68.1 Å². The lowest BCUT2D eigenvalue weighted by Crippen LogP contribution is -2.52. The number of aliphatic hydroxyl groups is 2. The molecule has 2 heterocycles. The molecule has 0 radical (unpaired) electrons. The van der Waals surface area contributed by atoms with E-state index in [1.165, 1.54) is 7.11 Å². The average Bonchev–Trinajstić information content (AvgIpc) is 3.74. The van der Waals surface area contributed by atoms with Crippen LogP contribution < -0.4 is 15.4 Å². The average molecular weight is 718 g/mol. The third-order valence-electron chi connectivity index (χ3n) is 10.5. The zero-order valence-electron chi connectivity index (χ0n) is 29.9. The number of hydrogen-bond donors (Lipinski definition) is 4. The highest BCUT2D eigenvalue weighted by Crippen LogP contribution is 2.36. The number of carbonyl (C=O) groups excluding carboxylic acids is 2. The number of morpholine rings is 1. The van der Waals surface area contributed by atoms with Crippen LogP contribution in [0.3, 0.4) is 0 Å². The molecule has 0 saturated carbocycles. The van der Waals surface area contributed by atoms with E-state index < -0.39 is 48.0 Å². The first-order valence-corrected chi connectivity index (χ1v) is 18.1. The first-order chi connectivity index (χ1) is 25.2. The van der Waals surface area contributed by atoms with Gasteiger partial charge in [-0.05, 0) is 54.2 Å². The molecular weight excluding hydrogens is 666 g/mol. The van der Waals surface area contributed by atoms with Gasteiger partial charge in [-0.1, -0.05) is 66.7 Å². The van der Waals surface area contributed by atoms with Crippen molar-refractivity contribution in [3.8, 4) is 5.75 Å². The number of aliphatic hydroxyl groups excluding tert-OH is 2. The molecule has 3 aromatic carbocycles. The van der Waals surface area contributed by atoms with Crippen LogP contribution >= 0.6 is 0 Å². The number of methoxy groups -OCH3 is 1. The van der Waals surface area contributed by atoms with Crippen LogP contribution in [0.2, 0.25) is 0 Å². The molecule has 6 rings (SSSR count). The normalized spacial score (nSPS) is 23.9. The van der Waals surface area contributed by atoms with Gasteiger partial charge in [-0.3, -0.25) is 9.69 Å². The number of benzene rings is 3. The lowest BCUT2D eigenvalue weighted by atomic mass is 9.75. The first-order valence-electron chi connectivity index (χ1n) is 18.1. The van der Waals surface area contributed by atoms with Crippen LogP contribution in [-0.2, 0) is 42.0 Å². The molecule has 3 aromatic rings. The summed E-state index contributed by atoms with van der Waals surface area (Å²) < 4.78 is 28.0. The van der Waals surface area contributed by atoms with Gasteiger partial charge in [0.1, 0.15) is 18.5 Å². The van der Waals surface area contributed by atoms with Crippen LogP contribution in [0.15, 0.2) is 78.9 Å². The van der Waals surface area contributed by atoms with E-state index in [1.807, 2.05) is 78.9 Å². The van der Waals surface area contributed by atoms with E-state index in [4.69, 9.17) is 23.7 Å². The third-order valence-corrected chi connectivity index (χ3v) is 10.5. The fourth-order valence-electron chi connectivity index (χ4n) is 7.31. The van der Waals surface area contributed by atoms with Crippen LogP contribution in [0.4, 0.5) is 4.79 Å². The molecule has 1 aliphatic carbocycles. The van der Waals surface area contributed by atoms with E-state index >= 15 is 0 Å². The molecule has 12 nitrogen and oxygen atoms in total. The summed E-state index contributed by atoms with van der Waals surface area (Å²) in [5.41, 5.74) is 2.10. The van der Waals surface area contributed by atoms with Gasteiger partial charge in [-0.2, -0.15) is 0 Å². The monoisotopic (exact) mass is 717 g/mol. The van der Waals surface area contributed by atoms with E-state index in [1.54, 1.807) is 6.92 Å². The second kappa shape index (κ2) is 17.7. The molecule has 2 saturated heterocycles. The van der Waals surface area contributed by atoms with Crippen molar-refractivity contribution in [3.63, 3.8) is 0 Å². The maximum absolute atomic E-state index is 14.5. The molecule has 0 spiro atoms. The zero-order valence-corrected chi connectivity index (χ0v) is 29.9. The summed E-state index contributed by atoms with van der Waals surface area (Å²) in [4.78, 5) is 30.1. The second-order valence-electron chi connectivity index (χ2n) is 14.0. The van der Waals surface area contributed by atoms with Crippen molar-refractivity contribution >= 4 is 12.0 Å². The van der Waals surface area contributed by atoms with Gasteiger partial charge >= 0.3 is 6.09 Å². The molecule has 2 fully saturated rings. The van der Waals surface area contributed by atoms with E-state index in [0.717, 1.165) is 49.5 Å². The molecule has 280 valence electrons. The van der Waals surface area contributed by atoms with Gasteiger partial charge in [0.05, 0.1) is 56.1 Å². The second-order valence-corrected chi connectivity index (χ2v) is 14.0. The Labute approximate surface area is 305 Å². The number of fused-ring (bicyclic) bond motifs is 1. The van der Waals surface area contributed by atoms with Crippen molar-refractivity contribution in [1.29, 1.82) is 0 Å². The summed E-state index contributed by atoms with van der Waals surface area (Å²) in [6.45, 7) is 6.78. The Morgan fingerprint density at radius 2 is 1.67 bits per heavy atom. The fourth-order valence-corrected chi connectivity index (χ4v) is 7.31. The van der Waals surface area contributed by atoms with Crippen LogP contribution in [0.5, 0.6) is 5.75 Å². The number of rotatable bonds is 15. The zero-order chi connectivity index (χ0) is 36.5. The number of amides is 2. The first kappa shape index (κ1) is 37.7. The summed E-state index contributed by atoms with van der Waals surface area (Å²) >= 11 is 0. The molecule has 0 aromatic heterocycles. The molecule has 12 heteroatoms. The molecule has 7 atom stereocenters. The number of nitrogens with zero attached hydrogens (tertiary/aromatic N) is 1. The molecule has 4 N–H and O–H groups in total. The van der Waals surface area contributed by atoms with Crippen LogP contribution in [-0.4, -0.2) is 117 Å². The summed E-state index contributed by atoms with van der Waals surface area (Å²) in [7, 11) is 1.54. The number of carbonyl (C=O) groups is 2. The van der Waals surface area contributed by atoms with Gasteiger partial charge in [-0.15, -0.1) is 0 Å². The van der Waals surface area contributed by atoms with Gasteiger partial charge < -0.3 is 44.5 Å². The number of nitrogens with one attached hydrogen (secondary N) is 2. The molecule has 0 bridgehead atoms. The molecule has 3 aliphatic rings. The predicted molar refractivity (Wildman–Crippen MR) is 193 cm³/mol. The van der Waals surface area contributed by atoms with Crippen molar-refractivity contribution in [2.75, 3.05) is 59.8 Å². The summed E-state index contributed by atoms with van der Waals surface area (Å²) in [5, 5.41) is 29.0. The minimum absolute atomic E-state index is 0.0501. The Hall–Kier alpha value is -4.04. The van der Waals surface area contributed by atoms with Crippen LogP contribution in [0.25, 0.3) is 0 Å². The third kappa shape index (κ3) is 9.30. The topological polar surface area (TPSA) is 148 Å². The van der Waals surface area contributed by atoms with Gasteiger partial charge in [0.15, 0.2) is 6.10 Å². The lowest BCUT2D eigenvalue weighted by Gasteiger charge is -2.35. The SMILES string of the molecule is CO[C@H]1COC[C@H]1OC(=O)N[C@@H](Cc1ccccc1)[C@@H](O)C[C@@](C)(C(=O)N[C@H]1c2ccccc2C[C@H]1O)c1ccc(OCCN2CCOCC2)cc1. The Morgan fingerprint density at radius 3 is 2.42 bits per heavy atom. The van der Waals surface area contributed by atoms with Gasteiger partial charge in [0, 0.05) is 33.2 Å². The van der Waals surface area contributed by atoms with Crippen molar-refractivity contribution in [1.82, 2.24) is 15.5 Å². The molecule has 52 heavy (non-hydrogen) atoms. The summed E-state index contributed by atoms with van der Waals surface area (Å²) in [5.74, 6) is 0.303. The summed E-state index contributed by atoms with van der Waals surface area (Å²) in [6, 6.07) is 23.1. The molecule has 2 amide bonds. The maximum atomic E-state index is 14.5. The van der Waals surface area contributed by atoms with Crippen molar-refractivity contribution in [3.05, 3.63) is 101 Å². The Balaban J connectivity index is 1.23. The predicted octanol–water partition coefficient (Wildman–Crippen LogP) is 2.93. The standard InChI is InChI=1S/C40H51N3O9/c1-40(38(46)42-37-31-11-7-6-10-28(31)23-33(37)44,29-12-14-30(15-13-29)51-21-18-43-16-19-49-20-17-43)24-34(45)32(22-27-8-4-3-5-9-27)41-39(47)52-36-26-50-25-35(36)48-2/h3-15,32-37,44-45H,16-26H2,1-2H3,(H,41,47)(H,42,46)/t32-,33+,34-,35-,36+,37-,40+/m0/s1. The molecular formula is C40H51N3O9. The smallest absolute Gasteiger partial charge is 0.407 e. The van der Waals surface area contributed by atoms with E-state index in [0.29, 0.717) is 30.9 Å². The number of ether oxygens (including phenoxy) is 5. The number of alkyl carbamates (subject to hydrolysis) is 1.